The van der Waals surface area contributed by atoms with Gasteiger partial charge in [-0.2, -0.15) is 11.8 Å². The highest BCUT2D eigenvalue weighted by atomic mass is 35.5. The molecule has 1 aliphatic heterocycles. The van der Waals surface area contributed by atoms with Crippen LogP contribution in [0.3, 0.4) is 0 Å². The highest BCUT2D eigenvalue weighted by molar-refractivity contribution is 7.98. The summed E-state index contributed by atoms with van der Waals surface area (Å²) < 4.78 is 5.60. The van der Waals surface area contributed by atoms with Crippen LogP contribution in [0.1, 0.15) is 20.3 Å². The highest BCUT2D eigenvalue weighted by Crippen LogP contribution is 2.39. The molecule has 0 N–H and O–H groups in total. The number of anilines is 1. The van der Waals surface area contributed by atoms with Crippen LogP contribution in [0, 0.1) is 0 Å². The van der Waals surface area contributed by atoms with Gasteiger partial charge in [-0.1, -0.05) is 28.8 Å². The van der Waals surface area contributed by atoms with Crippen LogP contribution in [-0.4, -0.2) is 30.4 Å². The van der Waals surface area contributed by atoms with Crippen molar-refractivity contribution < 1.29 is 14.3 Å². The van der Waals surface area contributed by atoms with Crippen LogP contribution in [0.4, 0.5) is 5.69 Å². The molecular formula is C16H17Cl2NO3S. The Morgan fingerprint density at radius 2 is 1.96 bits per heavy atom. The zero-order valence-corrected chi connectivity index (χ0v) is 15.4. The average Bonchev–Trinajstić information content (AvgIpc) is 2.77. The number of carbonyl (C=O) groups excluding carboxylic acids is 2. The monoisotopic (exact) mass is 373 g/mol. The lowest BCUT2D eigenvalue weighted by Gasteiger charge is -2.18. The number of hydrogen-bond acceptors (Lipinski definition) is 4. The number of nitrogens with zero attached hydrogens (tertiary/aromatic N) is 1. The molecule has 0 radical (unpaired) electrons. The first-order valence-electron chi connectivity index (χ1n) is 7.01. The summed E-state index contributed by atoms with van der Waals surface area (Å²) in [5.74, 6) is 0.573. The van der Waals surface area contributed by atoms with E-state index in [4.69, 9.17) is 27.9 Å². The molecule has 0 spiro atoms. The van der Waals surface area contributed by atoms with E-state index in [0.29, 0.717) is 28.6 Å². The zero-order chi connectivity index (χ0) is 17.1. The quantitative estimate of drug-likeness (QED) is 0.437. The summed E-state index contributed by atoms with van der Waals surface area (Å²) in [6, 6.07) is 3.04. The average molecular weight is 374 g/mol. The van der Waals surface area contributed by atoms with Crippen LogP contribution >= 0.6 is 35.0 Å². The van der Waals surface area contributed by atoms with E-state index in [-0.39, 0.29) is 23.3 Å². The summed E-state index contributed by atoms with van der Waals surface area (Å²) in [5.41, 5.74) is 1.64. The Kier molecular flexibility index (Phi) is 6.00. The SMILES string of the molecule is CSCCOc1cc(N2C(=O)CC(=C(C)C)C2=O)c(Cl)cc1Cl. The van der Waals surface area contributed by atoms with Crippen molar-refractivity contribution in [2.24, 2.45) is 0 Å². The normalized spacial score (nSPS) is 14.7. The van der Waals surface area contributed by atoms with Gasteiger partial charge in [0.1, 0.15) is 5.75 Å². The Hall–Kier alpha value is -1.17. The summed E-state index contributed by atoms with van der Waals surface area (Å²) in [5, 5.41) is 0.588. The number of amides is 2. The third-order valence-corrected chi connectivity index (χ3v) is 4.60. The number of ether oxygens (including phenoxy) is 1. The highest BCUT2D eigenvalue weighted by Gasteiger charge is 2.37. The Labute approximate surface area is 149 Å². The Bertz CT molecular complexity index is 684. The molecule has 1 fully saturated rings. The molecule has 1 aliphatic rings. The Morgan fingerprint density at radius 3 is 2.52 bits per heavy atom. The van der Waals surface area contributed by atoms with E-state index in [1.807, 2.05) is 20.1 Å². The number of carbonyl (C=O) groups is 2. The maximum Gasteiger partial charge on any atom is 0.261 e. The maximum atomic E-state index is 12.5. The van der Waals surface area contributed by atoms with Gasteiger partial charge in [0, 0.05) is 17.4 Å². The number of halogens is 2. The van der Waals surface area contributed by atoms with E-state index in [1.54, 1.807) is 17.8 Å². The molecule has 124 valence electrons. The predicted octanol–water partition coefficient (Wildman–Crippen LogP) is 4.33. The third kappa shape index (κ3) is 3.84. The third-order valence-electron chi connectivity index (χ3n) is 3.43. The molecule has 1 aromatic carbocycles. The molecule has 0 saturated carbocycles. The first kappa shape index (κ1) is 18.2. The first-order valence-corrected chi connectivity index (χ1v) is 9.16. The van der Waals surface area contributed by atoms with Crippen molar-refractivity contribution in [1.29, 1.82) is 0 Å². The lowest BCUT2D eigenvalue weighted by molar-refractivity contribution is -0.120. The van der Waals surface area contributed by atoms with Crippen molar-refractivity contribution in [3.05, 3.63) is 33.3 Å². The fourth-order valence-corrected chi connectivity index (χ4v) is 3.00. The van der Waals surface area contributed by atoms with Crippen LogP contribution in [0.5, 0.6) is 5.75 Å². The lowest BCUT2D eigenvalue weighted by Crippen LogP contribution is -2.29. The summed E-state index contributed by atoms with van der Waals surface area (Å²) in [4.78, 5) is 25.8. The van der Waals surface area contributed by atoms with E-state index in [9.17, 15) is 9.59 Å². The van der Waals surface area contributed by atoms with Crippen molar-refractivity contribution in [3.63, 3.8) is 0 Å². The van der Waals surface area contributed by atoms with E-state index < -0.39 is 0 Å². The van der Waals surface area contributed by atoms with Gasteiger partial charge in [-0.15, -0.1) is 0 Å². The van der Waals surface area contributed by atoms with Crippen LogP contribution in [-0.2, 0) is 9.59 Å². The maximum absolute atomic E-state index is 12.5. The van der Waals surface area contributed by atoms with Gasteiger partial charge in [-0.3, -0.25) is 9.59 Å². The van der Waals surface area contributed by atoms with E-state index >= 15 is 0 Å². The zero-order valence-electron chi connectivity index (χ0n) is 13.1. The van der Waals surface area contributed by atoms with E-state index in [0.717, 1.165) is 16.2 Å². The molecule has 1 aromatic rings. The number of thioether (sulfide) groups is 1. The van der Waals surface area contributed by atoms with Crippen molar-refractivity contribution in [2.75, 3.05) is 23.5 Å². The summed E-state index contributed by atoms with van der Waals surface area (Å²) >= 11 is 14.0. The molecule has 1 heterocycles. The van der Waals surface area contributed by atoms with Gasteiger partial charge in [0.2, 0.25) is 5.91 Å². The molecule has 0 aromatic heterocycles. The summed E-state index contributed by atoms with van der Waals surface area (Å²) in [6.45, 7) is 4.10. The molecule has 2 amide bonds. The molecule has 0 aliphatic carbocycles. The number of imide groups is 1. The number of hydrogen-bond donors (Lipinski definition) is 0. The standard InChI is InChI=1S/C16H17Cl2NO3S/c1-9(2)10-6-15(20)19(16(10)21)13-8-14(22-4-5-23-3)12(18)7-11(13)17/h7-8H,4-6H2,1-3H3. The van der Waals surface area contributed by atoms with Crippen LogP contribution < -0.4 is 9.64 Å². The number of benzene rings is 1. The van der Waals surface area contributed by atoms with Gasteiger partial charge in [0.25, 0.3) is 5.91 Å². The lowest BCUT2D eigenvalue weighted by atomic mass is 10.1. The first-order chi connectivity index (χ1) is 10.9. The van der Waals surface area contributed by atoms with Crippen LogP contribution in [0.25, 0.3) is 0 Å². The topological polar surface area (TPSA) is 46.6 Å². The molecular weight excluding hydrogens is 357 g/mol. The Morgan fingerprint density at radius 1 is 1.26 bits per heavy atom. The summed E-state index contributed by atoms with van der Waals surface area (Å²) in [7, 11) is 0. The van der Waals surface area contributed by atoms with E-state index in [2.05, 4.69) is 0 Å². The van der Waals surface area contributed by atoms with Crippen molar-refractivity contribution in [3.8, 4) is 5.75 Å². The second-order valence-electron chi connectivity index (χ2n) is 5.26. The number of rotatable bonds is 5. The van der Waals surface area contributed by atoms with Gasteiger partial charge in [0.05, 0.1) is 28.8 Å². The van der Waals surface area contributed by atoms with Crippen LogP contribution in [0.2, 0.25) is 10.0 Å². The van der Waals surface area contributed by atoms with Crippen LogP contribution in [0.15, 0.2) is 23.3 Å². The largest absolute Gasteiger partial charge is 0.491 e. The van der Waals surface area contributed by atoms with Gasteiger partial charge in [-0.25, -0.2) is 4.90 Å². The van der Waals surface area contributed by atoms with Gasteiger partial charge in [0.15, 0.2) is 0 Å². The van der Waals surface area contributed by atoms with Crippen molar-refractivity contribution in [2.45, 2.75) is 20.3 Å². The van der Waals surface area contributed by atoms with E-state index in [1.165, 1.54) is 6.07 Å². The molecule has 1 saturated heterocycles. The van der Waals surface area contributed by atoms with Gasteiger partial charge < -0.3 is 4.74 Å². The fourth-order valence-electron chi connectivity index (χ4n) is 2.22. The molecule has 2 rings (SSSR count). The molecule has 23 heavy (non-hydrogen) atoms. The minimum atomic E-state index is -0.339. The molecule has 7 heteroatoms. The molecule has 0 bridgehead atoms. The number of allylic oxidation sites excluding steroid dienone is 1. The molecule has 0 unspecified atom stereocenters. The minimum absolute atomic E-state index is 0.0861. The fraction of sp³-hybridized carbons (Fsp3) is 0.375. The minimum Gasteiger partial charge on any atom is -0.491 e. The summed E-state index contributed by atoms with van der Waals surface area (Å²) in [6.07, 6.45) is 2.06. The van der Waals surface area contributed by atoms with Crippen molar-refractivity contribution >= 4 is 52.5 Å². The van der Waals surface area contributed by atoms with Gasteiger partial charge >= 0.3 is 0 Å². The Balaban J connectivity index is 2.39. The second kappa shape index (κ2) is 7.60. The van der Waals surface area contributed by atoms with Gasteiger partial charge in [-0.05, 0) is 26.2 Å². The van der Waals surface area contributed by atoms with Crippen molar-refractivity contribution in [1.82, 2.24) is 0 Å². The second-order valence-corrected chi connectivity index (χ2v) is 7.06. The smallest absolute Gasteiger partial charge is 0.261 e. The predicted molar refractivity (Wildman–Crippen MR) is 95.8 cm³/mol. The molecule has 4 nitrogen and oxygen atoms in total. The molecule has 0 atom stereocenters.